The molecule has 0 spiro atoms. The molecule has 0 saturated carbocycles. The van der Waals surface area contributed by atoms with E-state index < -0.39 is 29.2 Å². The monoisotopic (exact) mass is 542 g/mol. The molecular formula is C23H24N7O5S2+. The van der Waals surface area contributed by atoms with Crippen LogP contribution in [0.4, 0.5) is 5.13 Å². The van der Waals surface area contributed by atoms with Gasteiger partial charge in [0.2, 0.25) is 0 Å². The lowest BCUT2D eigenvalue weighted by molar-refractivity contribution is -0.662. The van der Waals surface area contributed by atoms with Crippen LogP contribution in [-0.2, 0) is 25.8 Å². The van der Waals surface area contributed by atoms with Gasteiger partial charge >= 0.3 is 5.97 Å². The van der Waals surface area contributed by atoms with Gasteiger partial charge in [0.25, 0.3) is 17.5 Å². The normalized spacial score (nSPS) is 19.6. The Morgan fingerprint density at radius 2 is 2.16 bits per heavy atom. The Labute approximate surface area is 219 Å². The third kappa shape index (κ3) is 4.31. The van der Waals surface area contributed by atoms with Crippen molar-refractivity contribution in [3.8, 4) is 0 Å². The molecule has 3 aromatic rings. The molecule has 2 aliphatic rings. The largest absolute Gasteiger partial charge is 0.477 e. The molecule has 1 saturated heterocycles. The predicted octanol–water partition coefficient (Wildman–Crippen LogP) is 0.672. The van der Waals surface area contributed by atoms with Gasteiger partial charge in [-0.05, 0) is 25.5 Å². The molecule has 12 nitrogen and oxygen atoms in total. The number of nitrogen functional groups attached to an aromatic ring is 1. The Bertz CT molecular complexity index is 1510. The number of amides is 2. The van der Waals surface area contributed by atoms with Crippen molar-refractivity contribution < 1.29 is 28.9 Å². The molecule has 0 aliphatic carbocycles. The minimum absolute atomic E-state index is 0.0477. The molecule has 0 unspecified atom stereocenters. The first kappa shape index (κ1) is 24.8. The third-order valence-electron chi connectivity index (χ3n) is 6.17. The fourth-order valence-corrected chi connectivity index (χ4v) is 6.46. The van der Waals surface area contributed by atoms with Crippen LogP contribution in [0, 0.1) is 13.8 Å². The number of hydrogen-bond acceptors (Lipinski definition) is 9. The molecule has 14 heteroatoms. The van der Waals surface area contributed by atoms with Gasteiger partial charge < -0.3 is 21.0 Å². The zero-order valence-electron chi connectivity index (χ0n) is 20.2. The molecule has 0 bridgehead atoms. The van der Waals surface area contributed by atoms with Gasteiger partial charge in [-0.25, -0.2) is 18.7 Å². The molecule has 5 heterocycles. The number of carboxylic acids is 1. The Morgan fingerprint density at radius 3 is 2.84 bits per heavy atom. The maximum Gasteiger partial charge on any atom is 0.352 e. The molecule has 4 N–H and O–H groups in total. The van der Waals surface area contributed by atoms with Gasteiger partial charge in [0.05, 0.1) is 0 Å². The smallest absolute Gasteiger partial charge is 0.352 e. The zero-order valence-corrected chi connectivity index (χ0v) is 21.8. The topological polar surface area (TPSA) is 156 Å². The van der Waals surface area contributed by atoms with E-state index in [1.807, 2.05) is 41.3 Å². The second-order valence-corrected chi connectivity index (χ2v) is 10.6. The van der Waals surface area contributed by atoms with Gasteiger partial charge in [-0.3, -0.25) is 14.5 Å². The summed E-state index contributed by atoms with van der Waals surface area (Å²) in [4.78, 5) is 48.4. The molecule has 37 heavy (non-hydrogen) atoms. The number of thioether (sulfide) groups is 1. The van der Waals surface area contributed by atoms with E-state index in [1.165, 1.54) is 23.8 Å². The summed E-state index contributed by atoms with van der Waals surface area (Å²) >= 11 is 2.54. The number of carbonyl (C=O) groups excluding carboxylic acids is 2. The molecule has 0 radical (unpaired) electrons. The number of aliphatic carboxylic acids is 1. The summed E-state index contributed by atoms with van der Waals surface area (Å²) in [6.07, 6.45) is 3.83. The van der Waals surface area contributed by atoms with Crippen molar-refractivity contribution in [1.29, 1.82) is 0 Å². The van der Waals surface area contributed by atoms with Crippen molar-refractivity contribution in [2.45, 2.75) is 31.8 Å². The van der Waals surface area contributed by atoms with E-state index in [9.17, 15) is 19.5 Å². The summed E-state index contributed by atoms with van der Waals surface area (Å²) in [5.74, 6) is -1.97. The number of hydrogen-bond donors (Lipinski definition) is 3. The minimum Gasteiger partial charge on any atom is -0.477 e. The van der Waals surface area contributed by atoms with Gasteiger partial charge in [0.15, 0.2) is 10.8 Å². The molecule has 2 amide bonds. The average molecular weight is 543 g/mol. The summed E-state index contributed by atoms with van der Waals surface area (Å²) in [5.41, 5.74) is 9.41. The Balaban J connectivity index is 1.39. The van der Waals surface area contributed by atoms with Crippen LogP contribution in [0.15, 0.2) is 46.3 Å². The first-order valence-corrected chi connectivity index (χ1v) is 13.1. The number of thiazole rings is 1. The molecular weight excluding hydrogens is 518 g/mol. The molecule has 192 valence electrons. The van der Waals surface area contributed by atoms with E-state index in [0.29, 0.717) is 17.9 Å². The van der Waals surface area contributed by atoms with E-state index in [2.05, 4.69) is 21.5 Å². The van der Waals surface area contributed by atoms with Crippen LogP contribution >= 0.6 is 23.1 Å². The number of oxime groups is 1. The lowest BCUT2D eigenvalue weighted by atomic mass is 10.0. The Kier molecular flexibility index (Phi) is 6.37. The van der Waals surface area contributed by atoms with Gasteiger partial charge in [0.1, 0.15) is 54.5 Å². The van der Waals surface area contributed by atoms with Crippen LogP contribution in [0.2, 0.25) is 0 Å². The van der Waals surface area contributed by atoms with Crippen LogP contribution < -0.4 is 15.6 Å². The standard InChI is InChI=1S/C23H23N7O5S2/c1-11-6-12(2)29-5-4-28(15(29)7-11)8-13-9-36-21-17(20(32)30(21)18(13)22(33)34)26-19(31)16(27-35-3)14-10-37-23(24)25-14/h4-7,10,17,21H,8-9H2,1-3H3,(H3-,24,25,26,31,33,34)/p+1/t17-,21+/m1/s1. The molecule has 0 aromatic carbocycles. The zero-order chi connectivity index (χ0) is 26.4. The van der Waals surface area contributed by atoms with Crippen LogP contribution in [0.1, 0.15) is 17.0 Å². The lowest BCUT2D eigenvalue weighted by Crippen LogP contribution is -2.71. The highest BCUT2D eigenvalue weighted by Crippen LogP contribution is 2.40. The first-order valence-electron chi connectivity index (χ1n) is 11.2. The van der Waals surface area contributed by atoms with Crippen molar-refractivity contribution in [2.75, 3.05) is 18.6 Å². The van der Waals surface area contributed by atoms with Crippen LogP contribution in [0.3, 0.4) is 0 Å². The molecule has 5 rings (SSSR count). The number of fused-ring (bicyclic) bond motifs is 2. The predicted molar refractivity (Wildman–Crippen MR) is 137 cm³/mol. The molecule has 2 atom stereocenters. The van der Waals surface area contributed by atoms with Crippen LogP contribution in [-0.4, -0.2) is 67.2 Å². The number of carboxylic acid groups (broad SMARTS) is 1. The fraction of sp³-hybridized carbons (Fsp3) is 0.304. The molecule has 1 fully saturated rings. The van der Waals surface area contributed by atoms with E-state index in [1.54, 1.807) is 5.38 Å². The molecule has 3 aromatic heterocycles. The second kappa shape index (κ2) is 9.52. The Morgan fingerprint density at radius 1 is 1.38 bits per heavy atom. The van der Waals surface area contributed by atoms with Crippen LogP contribution in [0.25, 0.3) is 5.65 Å². The summed E-state index contributed by atoms with van der Waals surface area (Å²) < 4.78 is 4.00. The van der Waals surface area contributed by atoms with Crippen LogP contribution in [0.5, 0.6) is 0 Å². The highest BCUT2D eigenvalue weighted by atomic mass is 32.2. The van der Waals surface area contributed by atoms with E-state index in [-0.39, 0.29) is 22.2 Å². The number of nitrogens with two attached hydrogens (primary N) is 1. The summed E-state index contributed by atoms with van der Waals surface area (Å²) in [5, 5.41) is 17.7. The number of aromatic nitrogens is 3. The maximum atomic E-state index is 13.1. The van der Waals surface area contributed by atoms with Crippen molar-refractivity contribution >= 4 is 57.4 Å². The molecule has 2 aliphatic heterocycles. The number of pyridine rings is 1. The highest BCUT2D eigenvalue weighted by molar-refractivity contribution is 8.00. The van der Waals surface area contributed by atoms with E-state index >= 15 is 0 Å². The van der Waals surface area contributed by atoms with E-state index in [4.69, 9.17) is 10.6 Å². The summed E-state index contributed by atoms with van der Waals surface area (Å²) in [7, 11) is 1.29. The number of carbonyl (C=O) groups is 3. The second-order valence-electron chi connectivity index (χ2n) is 8.64. The summed E-state index contributed by atoms with van der Waals surface area (Å²) in [6, 6.07) is 3.18. The van der Waals surface area contributed by atoms with Gasteiger partial charge in [-0.2, -0.15) is 0 Å². The van der Waals surface area contributed by atoms with Gasteiger partial charge in [-0.15, -0.1) is 23.1 Å². The quantitative estimate of drug-likeness (QED) is 0.170. The third-order valence-corrected chi connectivity index (χ3v) is 8.18. The highest BCUT2D eigenvalue weighted by Gasteiger charge is 2.54. The summed E-state index contributed by atoms with van der Waals surface area (Å²) in [6.45, 7) is 4.33. The van der Waals surface area contributed by atoms with Crippen molar-refractivity contribution in [1.82, 2.24) is 19.6 Å². The van der Waals surface area contributed by atoms with Gasteiger partial charge in [0, 0.05) is 22.8 Å². The fourth-order valence-electron chi connectivity index (χ4n) is 4.58. The van der Waals surface area contributed by atoms with Gasteiger partial charge in [-0.1, -0.05) is 5.16 Å². The number of anilines is 1. The number of nitrogens with zero attached hydrogens (tertiary/aromatic N) is 5. The maximum absolute atomic E-state index is 13.1. The SMILES string of the molecule is CON=C(C(=O)N[C@@H]1C(=O)N2C(C(=O)O)=C(C[n+]3ccn4c(C)cc(C)cc43)CS[C@@H]12)c1csc(N)n1. The van der Waals surface area contributed by atoms with Crippen molar-refractivity contribution in [3.63, 3.8) is 0 Å². The Hall–Kier alpha value is -3.91. The lowest BCUT2D eigenvalue weighted by Gasteiger charge is -2.49. The first-order chi connectivity index (χ1) is 17.7. The number of β-lactam (4-membered cyclic amide) rings is 1. The van der Waals surface area contributed by atoms with E-state index in [0.717, 1.165) is 28.2 Å². The number of imidazole rings is 1. The minimum atomic E-state index is -1.19. The number of rotatable bonds is 7. The average Bonchev–Trinajstić information content (AvgIpc) is 3.46. The van der Waals surface area contributed by atoms with Crippen molar-refractivity contribution in [3.05, 3.63) is 58.1 Å². The van der Waals surface area contributed by atoms with Crippen molar-refractivity contribution in [2.24, 2.45) is 5.16 Å². The number of nitrogens with one attached hydrogen (secondary N) is 1. The number of aryl methyl sites for hydroxylation is 2.